The van der Waals surface area contributed by atoms with Gasteiger partial charge in [0.25, 0.3) is 0 Å². The minimum absolute atomic E-state index is 0.436. The Labute approximate surface area is 104 Å². The molecule has 1 amide bonds. The summed E-state index contributed by atoms with van der Waals surface area (Å²) < 4.78 is 5.06. The van der Waals surface area contributed by atoms with Crippen LogP contribution < -0.4 is 5.73 Å². The van der Waals surface area contributed by atoms with E-state index in [1.54, 1.807) is 0 Å². The Balaban J connectivity index is 2.16. The molecule has 1 rings (SSSR count). The van der Waals surface area contributed by atoms with Crippen molar-refractivity contribution in [2.45, 2.75) is 52.1 Å². The molecule has 0 bridgehead atoms. The van der Waals surface area contributed by atoms with E-state index in [1.807, 2.05) is 13.8 Å². The highest BCUT2D eigenvalue weighted by Gasteiger charge is 2.22. The van der Waals surface area contributed by atoms with Gasteiger partial charge in [0.15, 0.2) is 0 Å². The van der Waals surface area contributed by atoms with Crippen molar-refractivity contribution in [1.29, 1.82) is 0 Å². The van der Waals surface area contributed by atoms with E-state index in [4.69, 9.17) is 10.5 Å². The second-order valence-corrected chi connectivity index (χ2v) is 5.81. The van der Waals surface area contributed by atoms with Gasteiger partial charge in [-0.25, -0.2) is 4.79 Å². The van der Waals surface area contributed by atoms with Gasteiger partial charge in [0.2, 0.25) is 0 Å². The van der Waals surface area contributed by atoms with Crippen LogP contribution in [0.25, 0.3) is 0 Å². The number of carbonyl (C=O) groups is 1. The molecule has 4 heteroatoms. The number of ether oxygens (including phenoxy) is 1. The maximum atomic E-state index is 10.7. The van der Waals surface area contributed by atoms with Crippen LogP contribution in [0.1, 0.15) is 46.5 Å². The molecule has 0 atom stereocenters. The number of piperidine rings is 1. The number of carbonyl (C=O) groups excluding carboxylic acids is 1. The summed E-state index contributed by atoms with van der Waals surface area (Å²) in [6, 6.07) is 0. The van der Waals surface area contributed by atoms with Crippen LogP contribution in [0, 0.1) is 5.92 Å². The summed E-state index contributed by atoms with van der Waals surface area (Å²) in [6.45, 7) is 9.65. The first-order valence-corrected chi connectivity index (χ1v) is 6.60. The third-order valence-corrected chi connectivity index (χ3v) is 3.51. The molecule has 1 heterocycles. The molecule has 0 aromatic carbocycles. The lowest BCUT2D eigenvalue weighted by molar-refractivity contribution is 0.0346. The molecular formula is C13H26N2O2. The third kappa shape index (κ3) is 5.91. The van der Waals surface area contributed by atoms with Crippen LogP contribution in [0.2, 0.25) is 0 Å². The number of nitrogens with two attached hydrogens (primary N) is 1. The minimum Gasteiger partial charge on any atom is -0.444 e. The van der Waals surface area contributed by atoms with E-state index in [-0.39, 0.29) is 0 Å². The Hall–Kier alpha value is -0.770. The summed E-state index contributed by atoms with van der Waals surface area (Å²) in [6.07, 6.45) is 3.85. The monoisotopic (exact) mass is 242 g/mol. The summed E-state index contributed by atoms with van der Waals surface area (Å²) in [5.74, 6) is 0.876. The van der Waals surface area contributed by atoms with Crippen molar-refractivity contribution in [2.75, 3.05) is 19.6 Å². The van der Waals surface area contributed by atoms with Gasteiger partial charge in [0.05, 0.1) is 0 Å². The first-order chi connectivity index (χ1) is 7.89. The lowest BCUT2D eigenvalue weighted by atomic mass is 9.98. The maximum Gasteiger partial charge on any atom is 0.405 e. The highest BCUT2D eigenvalue weighted by Crippen LogP contribution is 2.19. The fraction of sp³-hybridized carbons (Fsp3) is 0.923. The number of rotatable bonds is 5. The van der Waals surface area contributed by atoms with Crippen LogP contribution in [-0.4, -0.2) is 36.2 Å². The minimum atomic E-state index is -0.679. The van der Waals surface area contributed by atoms with Crippen molar-refractivity contribution in [1.82, 2.24) is 4.90 Å². The van der Waals surface area contributed by atoms with Crippen LogP contribution in [-0.2, 0) is 4.74 Å². The highest BCUT2D eigenvalue weighted by atomic mass is 16.6. The molecule has 2 N–H and O–H groups in total. The SMILES string of the molecule is CC1CCN(CCCC(C)(C)OC(N)=O)CC1. The van der Waals surface area contributed by atoms with Gasteiger partial charge in [-0.1, -0.05) is 6.92 Å². The predicted molar refractivity (Wildman–Crippen MR) is 68.8 cm³/mol. The molecule has 0 radical (unpaired) electrons. The van der Waals surface area contributed by atoms with Crippen molar-refractivity contribution >= 4 is 6.09 Å². The van der Waals surface area contributed by atoms with Gasteiger partial charge in [-0.2, -0.15) is 0 Å². The van der Waals surface area contributed by atoms with Crippen LogP contribution >= 0.6 is 0 Å². The van der Waals surface area contributed by atoms with Crippen LogP contribution in [0.15, 0.2) is 0 Å². The molecule has 4 nitrogen and oxygen atoms in total. The second-order valence-electron chi connectivity index (χ2n) is 5.81. The molecule has 0 aromatic heterocycles. The summed E-state index contributed by atoms with van der Waals surface area (Å²) in [4.78, 5) is 13.2. The summed E-state index contributed by atoms with van der Waals surface area (Å²) in [7, 11) is 0. The molecule has 17 heavy (non-hydrogen) atoms. The van der Waals surface area contributed by atoms with Gasteiger partial charge in [-0.15, -0.1) is 0 Å². The Morgan fingerprint density at radius 1 is 1.41 bits per heavy atom. The predicted octanol–water partition coefficient (Wildman–Crippen LogP) is 2.37. The number of hydrogen-bond donors (Lipinski definition) is 1. The molecular weight excluding hydrogens is 216 g/mol. The van der Waals surface area contributed by atoms with Crippen molar-refractivity contribution in [2.24, 2.45) is 11.7 Å². The van der Waals surface area contributed by atoms with Gasteiger partial charge >= 0.3 is 6.09 Å². The van der Waals surface area contributed by atoms with E-state index in [9.17, 15) is 4.79 Å². The van der Waals surface area contributed by atoms with E-state index in [1.165, 1.54) is 25.9 Å². The van der Waals surface area contributed by atoms with E-state index >= 15 is 0 Å². The summed E-state index contributed by atoms with van der Waals surface area (Å²) >= 11 is 0. The Bertz CT molecular complexity index is 246. The number of nitrogens with zero attached hydrogens (tertiary/aromatic N) is 1. The number of amides is 1. The number of primary amides is 1. The molecule has 100 valence electrons. The smallest absolute Gasteiger partial charge is 0.405 e. The van der Waals surface area contributed by atoms with E-state index in [0.29, 0.717) is 0 Å². The van der Waals surface area contributed by atoms with Crippen molar-refractivity contribution in [3.8, 4) is 0 Å². The standard InChI is InChI=1S/C13H26N2O2/c1-11-5-9-15(10-6-11)8-4-7-13(2,3)17-12(14)16/h11H,4-10H2,1-3H3,(H2,14,16). The van der Waals surface area contributed by atoms with Crippen molar-refractivity contribution in [3.63, 3.8) is 0 Å². The highest BCUT2D eigenvalue weighted by molar-refractivity contribution is 5.65. The fourth-order valence-corrected chi connectivity index (χ4v) is 2.34. The number of hydrogen-bond acceptors (Lipinski definition) is 3. The fourth-order valence-electron chi connectivity index (χ4n) is 2.34. The Morgan fingerprint density at radius 2 is 2.00 bits per heavy atom. The number of likely N-dealkylation sites (tertiary alicyclic amines) is 1. The zero-order valence-corrected chi connectivity index (χ0v) is 11.4. The summed E-state index contributed by atoms with van der Waals surface area (Å²) in [5, 5.41) is 0. The van der Waals surface area contributed by atoms with Gasteiger partial charge in [-0.3, -0.25) is 0 Å². The molecule has 0 aliphatic carbocycles. The lowest BCUT2D eigenvalue weighted by Gasteiger charge is -2.31. The lowest BCUT2D eigenvalue weighted by Crippen LogP contribution is -2.35. The van der Waals surface area contributed by atoms with Gasteiger partial charge in [0, 0.05) is 0 Å². The quantitative estimate of drug-likeness (QED) is 0.805. The van der Waals surface area contributed by atoms with Crippen LogP contribution in [0.4, 0.5) is 4.79 Å². The third-order valence-electron chi connectivity index (χ3n) is 3.51. The van der Waals surface area contributed by atoms with Gasteiger partial charge in [-0.05, 0) is 65.1 Å². The van der Waals surface area contributed by atoms with E-state index < -0.39 is 11.7 Å². The molecule has 0 spiro atoms. The first-order valence-electron chi connectivity index (χ1n) is 6.60. The zero-order valence-electron chi connectivity index (χ0n) is 11.4. The average Bonchev–Trinajstić information content (AvgIpc) is 2.18. The second kappa shape index (κ2) is 6.24. The zero-order chi connectivity index (χ0) is 12.9. The van der Waals surface area contributed by atoms with E-state index in [0.717, 1.165) is 25.3 Å². The summed E-state index contributed by atoms with van der Waals surface area (Å²) in [5.41, 5.74) is 4.60. The van der Waals surface area contributed by atoms with E-state index in [2.05, 4.69) is 11.8 Å². The molecule has 1 saturated heterocycles. The molecule has 1 aliphatic heterocycles. The molecule has 0 saturated carbocycles. The normalized spacial score (nSPS) is 19.2. The average molecular weight is 242 g/mol. The molecule has 0 aromatic rings. The maximum absolute atomic E-state index is 10.7. The van der Waals surface area contributed by atoms with Crippen LogP contribution in [0.3, 0.4) is 0 Å². The first kappa shape index (κ1) is 14.3. The van der Waals surface area contributed by atoms with Crippen LogP contribution in [0.5, 0.6) is 0 Å². The topological polar surface area (TPSA) is 55.6 Å². The molecule has 0 unspecified atom stereocenters. The van der Waals surface area contributed by atoms with Crippen molar-refractivity contribution < 1.29 is 9.53 Å². The largest absolute Gasteiger partial charge is 0.444 e. The molecule has 1 aliphatic rings. The van der Waals surface area contributed by atoms with Gasteiger partial charge in [0.1, 0.15) is 5.60 Å². The van der Waals surface area contributed by atoms with Gasteiger partial charge < -0.3 is 15.4 Å². The van der Waals surface area contributed by atoms with Crippen molar-refractivity contribution in [3.05, 3.63) is 0 Å². The Kier molecular flexibility index (Phi) is 5.25. The Morgan fingerprint density at radius 3 is 2.53 bits per heavy atom. The molecule has 1 fully saturated rings.